The van der Waals surface area contributed by atoms with E-state index < -0.39 is 11.0 Å². The fraction of sp³-hybridized carbons (Fsp3) is 0.619. The minimum Gasteiger partial charge on any atom is -0.449 e. The number of halogens is 1. The van der Waals surface area contributed by atoms with E-state index in [1.165, 1.54) is 12.8 Å². The standard InChI is InChI=1S/C13H27N3O2.C8H7ClO2/c1-10(16-12(17)18-13(2,3)4)8-15-11-6-5-7-14-9-11;9-8(10)11-6-7-4-2-1-3-5-7/h10-11,14-15H,5-9H2,1-4H3,(H,16,17);1-5H,6H2/t10?,11-;/m0./s1. The highest BCUT2D eigenvalue weighted by Gasteiger charge is 2.18. The number of piperidine rings is 1. The Balaban J connectivity index is 0.000000326. The number of carbonyl (C=O) groups excluding carboxylic acids is 2. The first-order chi connectivity index (χ1) is 13.7. The molecule has 1 aliphatic heterocycles. The Hall–Kier alpha value is -1.83. The lowest BCUT2D eigenvalue weighted by Crippen LogP contribution is -2.49. The monoisotopic (exact) mass is 427 g/mol. The number of amides is 1. The van der Waals surface area contributed by atoms with Crippen molar-refractivity contribution in [1.82, 2.24) is 16.0 Å². The predicted octanol–water partition coefficient (Wildman–Crippen LogP) is 3.80. The van der Waals surface area contributed by atoms with Gasteiger partial charge in [-0.3, -0.25) is 0 Å². The van der Waals surface area contributed by atoms with Gasteiger partial charge >= 0.3 is 11.5 Å². The largest absolute Gasteiger partial charge is 0.449 e. The van der Waals surface area contributed by atoms with Crippen LogP contribution in [0.15, 0.2) is 30.3 Å². The summed E-state index contributed by atoms with van der Waals surface area (Å²) in [6.45, 7) is 10.7. The summed E-state index contributed by atoms with van der Waals surface area (Å²) in [5.41, 5.74) is -0.278. The van der Waals surface area contributed by atoms with Crippen molar-refractivity contribution in [2.75, 3.05) is 19.6 Å². The molecule has 1 saturated heterocycles. The van der Waals surface area contributed by atoms with Gasteiger partial charge in [0.15, 0.2) is 0 Å². The molecular weight excluding hydrogens is 394 g/mol. The number of carbonyl (C=O) groups is 2. The van der Waals surface area contributed by atoms with Crippen LogP contribution in [-0.2, 0) is 16.1 Å². The minimum absolute atomic E-state index is 0.0711. The van der Waals surface area contributed by atoms with E-state index in [0.717, 1.165) is 25.2 Å². The molecule has 0 spiro atoms. The molecule has 2 rings (SSSR count). The number of rotatable bonds is 6. The van der Waals surface area contributed by atoms with E-state index in [4.69, 9.17) is 16.3 Å². The SMILES string of the molecule is CC(CN[C@H]1CCCNC1)NC(=O)OC(C)(C)C.O=C(Cl)OCc1ccccc1. The third-order valence-corrected chi connectivity index (χ3v) is 4.08. The second kappa shape index (κ2) is 13.4. The molecule has 1 aliphatic rings. The summed E-state index contributed by atoms with van der Waals surface area (Å²) in [5.74, 6) is 0. The number of hydrogen-bond donors (Lipinski definition) is 3. The lowest BCUT2D eigenvalue weighted by molar-refractivity contribution is 0.0507. The smallest absolute Gasteiger partial charge is 0.407 e. The van der Waals surface area contributed by atoms with Crippen LogP contribution in [0.3, 0.4) is 0 Å². The molecular formula is C21H34ClN3O4. The van der Waals surface area contributed by atoms with Gasteiger partial charge in [0.25, 0.3) is 0 Å². The Kier molecular flexibility index (Phi) is 11.7. The number of ether oxygens (including phenoxy) is 2. The van der Waals surface area contributed by atoms with Crippen LogP contribution in [0.25, 0.3) is 0 Å². The Morgan fingerprint density at radius 3 is 2.52 bits per heavy atom. The quantitative estimate of drug-likeness (QED) is 0.598. The molecule has 1 fully saturated rings. The number of alkyl carbamates (subject to hydrolysis) is 1. The molecule has 1 aromatic rings. The maximum absolute atomic E-state index is 11.5. The molecule has 2 atom stereocenters. The van der Waals surface area contributed by atoms with Gasteiger partial charge in [-0.25, -0.2) is 9.59 Å². The number of hydrogen-bond acceptors (Lipinski definition) is 6. The fourth-order valence-corrected chi connectivity index (χ4v) is 2.70. The van der Waals surface area contributed by atoms with Gasteiger partial charge in [0.2, 0.25) is 0 Å². The Bertz CT molecular complexity index is 602. The van der Waals surface area contributed by atoms with Crippen molar-refractivity contribution >= 4 is 23.1 Å². The summed E-state index contributed by atoms with van der Waals surface area (Å²) in [7, 11) is 0. The topological polar surface area (TPSA) is 88.7 Å². The van der Waals surface area contributed by atoms with Crippen molar-refractivity contribution in [3.63, 3.8) is 0 Å². The third-order valence-electron chi connectivity index (χ3n) is 3.97. The van der Waals surface area contributed by atoms with E-state index in [9.17, 15) is 9.59 Å². The molecule has 0 aromatic heterocycles. The molecule has 164 valence electrons. The minimum atomic E-state index is -0.770. The summed E-state index contributed by atoms with van der Waals surface area (Å²) in [6.07, 6.45) is 2.07. The second-order valence-corrected chi connectivity index (χ2v) is 8.32. The van der Waals surface area contributed by atoms with E-state index in [2.05, 4.69) is 20.7 Å². The van der Waals surface area contributed by atoms with Gasteiger partial charge in [-0.15, -0.1) is 0 Å². The van der Waals surface area contributed by atoms with E-state index >= 15 is 0 Å². The van der Waals surface area contributed by atoms with E-state index in [1.54, 1.807) is 0 Å². The summed E-state index contributed by atoms with van der Waals surface area (Å²) in [4.78, 5) is 21.7. The maximum atomic E-state index is 11.5. The highest BCUT2D eigenvalue weighted by atomic mass is 35.5. The Morgan fingerprint density at radius 1 is 1.28 bits per heavy atom. The van der Waals surface area contributed by atoms with E-state index in [-0.39, 0.29) is 18.7 Å². The number of nitrogens with one attached hydrogen (secondary N) is 3. The molecule has 0 aliphatic carbocycles. The average molecular weight is 428 g/mol. The van der Waals surface area contributed by atoms with Crippen molar-refractivity contribution in [2.24, 2.45) is 0 Å². The Labute approximate surface area is 178 Å². The molecule has 1 amide bonds. The highest BCUT2D eigenvalue weighted by Crippen LogP contribution is 2.07. The van der Waals surface area contributed by atoms with Gasteiger partial charge < -0.3 is 25.4 Å². The second-order valence-electron chi connectivity index (χ2n) is 8.01. The van der Waals surface area contributed by atoms with Gasteiger partial charge in [0.1, 0.15) is 12.2 Å². The van der Waals surface area contributed by atoms with Gasteiger partial charge in [-0.1, -0.05) is 30.3 Å². The summed E-state index contributed by atoms with van der Waals surface area (Å²) >= 11 is 4.97. The zero-order valence-corrected chi connectivity index (χ0v) is 18.6. The van der Waals surface area contributed by atoms with Crippen molar-refractivity contribution in [3.05, 3.63) is 35.9 Å². The first kappa shape index (κ1) is 25.2. The molecule has 1 aromatic carbocycles. The summed E-state index contributed by atoms with van der Waals surface area (Å²) in [5, 5.41) is 9.64. The zero-order valence-electron chi connectivity index (χ0n) is 17.8. The van der Waals surface area contributed by atoms with Crippen LogP contribution in [-0.4, -0.2) is 48.8 Å². The molecule has 1 heterocycles. The summed E-state index contributed by atoms with van der Waals surface area (Å²) in [6, 6.07) is 9.95. The van der Waals surface area contributed by atoms with E-state index in [1.807, 2.05) is 58.0 Å². The maximum Gasteiger partial charge on any atom is 0.407 e. The average Bonchev–Trinajstić information content (AvgIpc) is 2.65. The molecule has 0 radical (unpaired) electrons. The molecule has 0 bridgehead atoms. The van der Waals surface area contributed by atoms with Crippen LogP contribution in [0.4, 0.5) is 9.59 Å². The van der Waals surface area contributed by atoms with Crippen LogP contribution in [0.5, 0.6) is 0 Å². The van der Waals surface area contributed by atoms with Crippen molar-refractivity contribution in [1.29, 1.82) is 0 Å². The molecule has 0 saturated carbocycles. The van der Waals surface area contributed by atoms with Crippen molar-refractivity contribution in [3.8, 4) is 0 Å². The Morgan fingerprint density at radius 2 is 1.97 bits per heavy atom. The number of benzene rings is 1. The predicted molar refractivity (Wildman–Crippen MR) is 115 cm³/mol. The van der Waals surface area contributed by atoms with Crippen LogP contribution < -0.4 is 16.0 Å². The van der Waals surface area contributed by atoms with Crippen LogP contribution in [0, 0.1) is 0 Å². The molecule has 3 N–H and O–H groups in total. The highest BCUT2D eigenvalue weighted by molar-refractivity contribution is 6.61. The van der Waals surface area contributed by atoms with Crippen molar-refractivity contribution < 1.29 is 19.1 Å². The zero-order chi connectivity index (χ0) is 21.7. The van der Waals surface area contributed by atoms with Gasteiger partial charge in [0, 0.05) is 36.8 Å². The van der Waals surface area contributed by atoms with E-state index in [0.29, 0.717) is 6.04 Å². The molecule has 29 heavy (non-hydrogen) atoms. The normalized spacial score (nSPS) is 17.3. The van der Waals surface area contributed by atoms with Gasteiger partial charge in [0.05, 0.1) is 0 Å². The molecule has 8 heteroatoms. The van der Waals surface area contributed by atoms with Crippen molar-refractivity contribution in [2.45, 2.75) is 64.8 Å². The molecule has 7 nitrogen and oxygen atoms in total. The van der Waals surface area contributed by atoms with Gasteiger partial charge in [-0.05, 0) is 52.6 Å². The van der Waals surface area contributed by atoms with Crippen LogP contribution >= 0.6 is 11.6 Å². The summed E-state index contributed by atoms with van der Waals surface area (Å²) < 4.78 is 9.76. The third kappa shape index (κ3) is 13.9. The first-order valence-corrected chi connectivity index (χ1v) is 10.3. The lowest BCUT2D eigenvalue weighted by atomic mass is 10.1. The van der Waals surface area contributed by atoms with Crippen LogP contribution in [0.2, 0.25) is 0 Å². The lowest BCUT2D eigenvalue weighted by Gasteiger charge is -2.26. The molecule has 1 unspecified atom stereocenters. The van der Waals surface area contributed by atoms with Crippen LogP contribution in [0.1, 0.15) is 46.1 Å². The van der Waals surface area contributed by atoms with Gasteiger partial charge in [-0.2, -0.15) is 0 Å². The first-order valence-electron chi connectivity index (χ1n) is 9.95. The fourth-order valence-electron chi connectivity index (χ4n) is 2.64.